The Morgan fingerprint density at radius 1 is 0.609 bits per heavy atom. The van der Waals surface area contributed by atoms with E-state index in [1.54, 1.807) is 24.5 Å². The summed E-state index contributed by atoms with van der Waals surface area (Å²) in [6.07, 6.45) is 22.8. The number of benzene rings is 2. The highest BCUT2D eigenvalue weighted by Crippen LogP contribution is 2.55. The maximum Gasteiger partial charge on any atom is 0.309 e. The second kappa shape index (κ2) is 21.2. The molecule has 2 aliphatic heterocycles. The molecule has 10 heteroatoms. The van der Waals surface area contributed by atoms with Crippen LogP contribution in [0.3, 0.4) is 0 Å². The normalized spacial score (nSPS) is 33.2. The quantitative estimate of drug-likeness (QED) is 0.175. The van der Waals surface area contributed by atoms with E-state index in [0.29, 0.717) is 29.6 Å². The second-order valence-electron chi connectivity index (χ2n) is 21.0. The molecule has 0 spiro atoms. The Labute approximate surface area is 408 Å². The molecule has 2 saturated heterocycles. The van der Waals surface area contributed by atoms with Crippen LogP contribution in [0.5, 0.6) is 0 Å². The molecule has 4 heterocycles. The predicted octanol–water partition coefficient (Wildman–Crippen LogP) is 12.8. The molecule has 8 nitrogen and oxygen atoms in total. The van der Waals surface area contributed by atoms with Gasteiger partial charge in [0, 0.05) is 47.3 Å². The van der Waals surface area contributed by atoms with E-state index in [-0.39, 0.29) is 98.1 Å². The summed E-state index contributed by atoms with van der Waals surface area (Å²) < 4.78 is 38.5. The third-order valence-corrected chi connectivity index (χ3v) is 16.7. The average Bonchev–Trinajstić information content (AvgIpc) is 4.09. The number of aromatic nitrogens is 2. The molecular weight excluding hydrogens is 869 g/mol. The van der Waals surface area contributed by atoms with Gasteiger partial charge in [0.2, 0.25) is 5.91 Å². The summed E-state index contributed by atoms with van der Waals surface area (Å²) in [7, 11) is 0. The van der Waals surface area contributed by atoms with Gasteiger partial charge in [-0.15, -0.1) is 0 Å². The van der Waals surface area contributed by atoms with Gasteiger partial charge in [-0.05, 0) is 173 Å². The van der Waals surface area contributed by atoms with Gasteiger partial charge < -0.3 is 14.8 Å². The molecule has 0 radical (unpaired) electrons. The van der Waals surface area contributed by atoms with Crippen molar-refractivity contribution in [2.75, 3.05) is 0 Å². The van der Waals surface area contributed by atoms with E-state index in [2.05, 4.69) is 53.4 Å². The van der Waals surface area contributed by atoms with Crippen molar-refractivity contribution >= 4 is 30.0 Å². The van der Waals surface area contributed by atoms with E-state index in [0.717, 1.165) is 84.5 Å². The molecule has 4 aromatic rings. The van der Waals surface area contributed by atoms with Crippen molar-refractivity contribution in [2.24, 2.45) is 71.0 Å². The summed E-state index contributed by atoms with van der Waals surface area (Å²) in [5, 5.41) is 3.28. The zero-order valence-corrected chi connectivity index (χ0v) is 38.8. The Bertz CT molecular complexity index is 2510. The second-order valence-corrected chi connectivity index (χ2v) is 21.0. The Balaban J connectivity index is 0.000000183. The highest BCUT2D eigenvalue weighted by Gasteiger charge is 2.56. The van der Waals surface area contributed by atoms with Crippen LogP contribution in [0.4, 0.5) is 8.78 Å². The van der Waals surface area contributed by atoms with Gasteiger partial charge in [0.1, 0.15) is 23.8 Å². The maximum absolute atomic E-state index is 13.6. The third kappa shape index (κ3) is 10.8. The lowest BCUT2D eigenvalue weighted by molar-refractivity contribution is -0.145. The number of hydrogen-bond donors (Lipinski definition) is 1. The minimum Gasteiger partial charge on any atom is -0.462 e. The van der Waals surface area contributed by atoms with Crippen LogP contribution < -0.4 is 5.32 Å². The van der Waals surface area contributed by atoms with E-state index < -0.39 is 0 Å². The Morgan fingerprint density at radius 2 is 1.10 bits per heavy atom. The molecule has 5 aliphatic carbocycles. The molecule has 1 amide bonds. The van der Waals surface area contributed by atoms with E-state index in [1.807, 2.05) is 43.3 Å². The molecule has 14 atom stereocenters. The Hall–Kier alpha value is -5.51. The van der Waals surface area contributed by atoms with Gasteiger partial charge in [-0.1, -0.05) is 76.7 Å². The molecule has 2 aromatic heterocycles. The topological polar surface area (TPSA) is 107 Å². The average molecular weight is 940 g/mol. The minimum absolute atomic E-state index is 0. The largest absolute Gasteiger partial charge is 0.462 e. The molecule has 2 aromatic carbocycles. The zero-order valence-electron chi connectivity index (χ0n) is 38.8. The first-order chi connectivity index (χ1) is 32.4. The van der Waals surface area contributed by atoms with Crippen LogP contribution in [0.1, 0.15) is 111 Å². The maximum atomic E-state index is 13.6. The van der Waals surface area contributed by atoms with Crippen LogP contribution >= 0.6 is 0 Å². The molecule has 7 fully saturated rings. The number of esters is 2. The fourth-order valence-corrected chi connectivity index (χ4v) is 13.4. The van der Waals surface area contributed by atoms with Gasteiger partial charge in [0.05, 0.1) is 23.2 Å². The van der Waals surface area contributed by atoms with Gasteiger partial charge in [-0.2, -0.15) is 0 Å². The van der Waals surface area contributed by atoms with Crippen molar-refractivity contribution in [1.82, 2.24) is 15.3 Å². The van der Waals surface area contributed by atoms with Crippen LogP contribution in [-0.4, -0.2) is 46.1 Å². The summed E-state index contributed by atoms with van der Waals surface area (Å²) in [5.74, 6) is 3.73. The van der Waals surface area contributed by atoms with Crippen molar-refractivity contribution in [1.29, 1.82) is 0 Å². The fourth-order valence-electron chi connectivity index (χ4n) is 13.4. The van der Waals surface area contributed by atoms with Gasteiger partial charge in [-0.25, -0.2) is 8.78 Å². The summed E-state index contributed by atoms with van der Waals surface area (Å²) in [6.45, 7) is 6.42. The number of nitrogens with one attached hydrogen (secondary N) is 1. The number of rotatable bonds is 8. The van der Waals surface area contributed by atoms with Gasteiger partial charge in [0.15, 0.2) is 0 Å². The summed E-state index contributed by atoms with van der Waals surface area (Å²) in [6, 6.07) is 21.2. The van der Waals surface area contributed by atoms with Crippen LogP contribution in [-0.2, 0) is 23.9 Å². The number of nitrogens with zero attached hydrogens (tertiary/aromatic N) is 2. The number of ether oxygens (including phenoxy) is 2. The van der Waals surface area contributed by atoms with E-state index in [4.69, 9.17) is 9.47 Å². The standard InChI is InChI=1S/C30H33FN2O3.C27H30FNO2.2CH4/c1-17-28-26(12-9-23-8-7-20(16-32-23)19-3-2-4-22(31)13-19)25-11-10-24(33-29(34)18-5-6-18)14-21(25)15-27(28)30(35)36-17;1-16-6-10-23-20(12-16)14-25-26(17(2)31-27(25)30)24(23)11-9-22-8-7-19(15-29-22)18-4-3-5-21(28)13-18;;/h2-4,7-9,12-13,16-18,21,24-28H,5-6,10-11,14-15H2,1H3,(H,33,34);3-5,7-9,11,13,15-17,20,23-26H,6,10,12,14H2,1-2H3;2*1H4/b12-9+;11-9+;;/t17-,21+,24-,25-,26+,27-,28+;16-,17-,20+,23-,24+,25-,26+;;/m11../s1. The SMILES string of the molecule is C.C.C[C@@H]1CC[C@@H]2[C@@H](C1)C[C@H]1C(=O)O[C@H](C)[C@H]1[C@H]2/C=C/c1ccc(-c2cccc(F)c2)cn1.C[C@H]1OC(=O)[C@@H]2C[C@@H]3C[C@H](NC(=O)C4CC4)CC[C@H]3[C@H](/C=C/c3ccc(-c4cccc(F)c4)cn3)[C@H]12. The molecule has 11 rings (SSSR count). The van der Waals surface area contributed by atoms with Crippen molar-refractivity contribution < 1.29 is 32.6 Å². The van der Waals surface area contributed by atoms with E-state index >= 15 is 0 Å². The summed E-state index contributed by atoms with van der Waals surface area (Å²) in [5.41, 5.74) is 5.14. The van der Waals surface area contributed by atoms with Crippen molar-refractivity contribution in [3.63, 3.8) is 0 Å². The van der Waals surface area contributed by atoms with Gasteiger partial charge in [-0.3, -0.25) is 24.4 Å². The lowest BCUT2D eigenvalue weighted by Gasteiger charge is -2.47. The monoisotopic (exact) mass is 940 g/mol. The number of halogens is 2. The lowest BCUT2D eigenvalue weighted by atomic mass is 9.56. The lowest BCUT2D eigenvalue weighted by Crippen LogP contribution is -2.48. The molecule has 0 bridgehead atoms. The van der Waals surface area contributed by atoms with Crippen LogP contribution in [0.15, 0.2) is 97.3 Å². The molecule has 7 aliphatic rings. The number of cyclic esters (lactones) is 2. The van der Waals surface area contributed by atoms with Gasteiger partial charge >= 0.3 is 11.9 Å². The first kappa shape index (κ1) is 49.9. The number of amides is 1. The number of carbonyl (C=O) groups is 3. The number of carbonyl (C=O) groups excluding carboxylic acids is 3. The van der Waals surface area contributed by atoms with Gasteiger partial charge in [0.25, 0.3) is 0 Å². The van der Waals surface area contributed by atoms with E-state index in [9.17, 15) is 23.2 Å². The first-order valence-corrected chi connectivity index (χ1v) is 25.0. The number of fused-ring (bicyclic) bond motifs is 4. The molecule has 366 valence electrons. The third-order valence-electron chi connectivity index (χ3n) is 16.7. The number of allylic oxidation sites excluding steroid dienone is 2. The fraction of sp³-hybridized carbons (Fsp3) is 0.508. The Kier molecular flexibility index (Phi) is 15.4. The molecule has 0 unspecified atom stereocenters. The van der Waals surface area contributed by atoms with E-state index in [1.165, 1.54) is 43.5 Å². The van der Waals surface area contributed by atoms with Crippen LogP contribution in [0, 0.1) is 82.6 Å². The summed E-state index contributed by atoms with van der Waals surface area (Å²) >= 11 is 0. The summed E-state index contributed by atoms with van der Waals surface area (Å²) in [4.78, 5) is 46.8. The number of pyridine rings is 2. The smallest absolute Gasteiger partial charge is 0.309 e. The van der Waals surface area contributed by atoms with Crippen LogP contribution in [0.2, 0.25) is 0 Å². The molecule has 1 N–H and O–H groups in total. The first-order valence-electron chi connectivity index (χ1n) is 25.0. The van der Waals surface area contributed by atoms with Crippen molar-refractivity contribution in [2.45, 2.75) is 118 Å². The highest BCUT2D eigenvalue weighted by molar-refractivity contribution is 5.81. The highest BCUT2D eigenvalue weighted by atomic mass is 19.1. The molecular formula is C59H71F2N3O5. The Morgan fingerprint density at radius 3 is 1.57 bits per heavy atom. The minimum atomic E-state index is -0.262. The number of hydrogen-bond acceptors (Lipinski definition) is 7. The molecule has 5 saturated carbocycles. The van der Waals surface area contributed by atoms with Crippen molar-refractivity contribution in [3.8, 4) is 22.3 Å². The predicted molar refractivity (Wildman–Crippen MR) is 268 cm³/mol. The zero-order chi connectivity index (χ0) is 46.3. The van der Waals surface area contributed by atoms with Crippen LogP contribution in [0.25, 0.3) is 34.4 Å². The van der Waals surface area contributed by atoms with Crippen molar-refractivity contribution in [3.05, 3.63) is 120 Å². The molecule has 69 heavy (non-hydrogen) atoms.